The molecule has 2 heterocycles. The van der Waals surface area contributed by atoms with Crippen molar-refractivity contribution >= 4 is 11.9 Å². The van der Waals surface area contributed by atoms with Crippen LogP contribution < -0.4 is 5.32 Å². The lowest BCUT2D eigenvalue weighted by molar-refractivity contribution is 0.102. The van der Waals surface area contributed by atoms with Crippen molar-refractivity contribution in [3.63, 3.8) is 0 Å². The summed E-state index contributed by atoms with van der Waals surface area (Å²) < 4.78 is 19.9. The van der Waals surface area contributed by atoms with Crippen molar-refractivity contribution in [1.29, 1.82) is 0 Å². The van der Waals surface area contributed by atoms with Gasteiger partial charge in [-0.1, -0.05) is 11.2 Å². The number of halogens is 1. The molecule has 1 aromatic carbocycles. The molecule has 0 fully saturated rings. The summed E-state index contributed by atoms with van der Waals surface area (Å²) >= 11 is 0. The average Bonchev–Trinajstić information content (AvgIpc) is 3.07. The summed E-state index contributed by atoms with van der Waals surface area (Å²) in [7, 11) is 1.76. The van der Waals surface area contributed by atoms with Crippen LogP contribution in [0.15, 0.2) is 40.9 Å². The zero-order chi connectivity index (χ0) is 14.8. The van der Waals surface area contributed by atoms with E-state index in [0.717, 1.165) is 6.07 Å². The van der Waals surface area contributed by atoms with Gasteiger partial charge in [0, 0.05) is 18.8 Å². The number of rotatable bonds is 3. The largest absolute Gasteiger partial charge is 0.401 e. The molecule has 0 saturated heterocycles. The molecule has 0 unspecified atom stereocenters. The molecule has 3 aromatic rings. The second kappa shape index (κ2) is 5.16. The van der Waals surface area contributed by atoms with Gasteiger partial charge in [-0.05, 0) is 24.3 Å². The lowest BCUT2D eigenvalue weighted by atomic mass is 10.2. The first-order valence-electron chi connectivity index (χ1n) is 6.02. The topological polar surface area (TPSA) is 85.8 Å². The van der Waals surface area contributed by atoms with Gasteiger partial charge in [-0.25, -0.2) is 4.39 Å². The molecule has 1 amide bonds. The van der Waals surface area contributed by atoms with E-state index in [1.165, 1.54) is 18.2 Å². The molecule has 0 spiro atoms. The van der Waals surface area contributed by atoms with Gasteiger partial charge in [0.1, 0.15) is 11.5 Å². The van der Waals surface area contributed by atoms with Gasteiger partial charge in [0.2, 0.25) is 0 Å². The number of nitrogens with one attached hydrogen (secondary N) is 1. The molecule has 0 bridgehead atoms. The molecule has 0 atom stereocenters. The predicted octanol–water partition coefficient (Wildman–Crippen LogP) is 1.86. The molecule has 0 saturated carbocycles. The highest BCUT2D eigenvalue weighted by molar-refractivity contribution is 6.03. The second-order valence-corrected chi connectivity index (χ2v) is 4.25. The lowest BCUT2D eigenvalue weighted by Crippen LogP contribution is -2.12. The highest BCUT2D eigenvalue weighted by atomic mass is 19.1. The Morgan fingerprint density at radius 1 is 1.33 bits per heavy atom. The number of nitrogens with zero attached hydrogens (tertiary/aromatic N) is 4. The second-order valence-electron chi connectivity index (χ2n) is 4.25. The number of aromatic nitrogens is 4. The van der Waals surface area contributed by atoms with E-state index in [4.69, 9.17) is 4.42 Å². The van der Waals surface area contributed by atoms with E-state index in [1.807, 2.05) is 0 Å². The van der Waals surface area contributed by atoms with E-state index in [0.29, 0.717) is 5.69 Å². The predicted molar refractivity (Wildman–Crippen MR) is 70.9 cm³/mol. The number of carbonyl (C=O) groups excluding carboxylic acids is 1. The maximum Gasteiger partial charge on any atom is 0.322 e. The number of amides is 1. The minimum Gasteiger partial charge on any atom is -0.401 e. The van der Waals surface area contributed by atoms with E-state index in [-0.39, 0.29) is 17.5 Å². The number of hydrogen-bond acceptors (Lipinski definition) is 5. The molecule has 106 valence electrons. The Labute approximate surface area is 118 Å². The highest BCUT2D eigenvalue weighted by Gasteiger charge is 2.14. The molecule has 21 heavy (non-hydrogen) atoms. The standard InChI is InChI=1S/C13H10FN5O2/c1-19-6-5-10(18-19)12-16-17-13(21-12)15-11(20)8-3-2-4-9(14)7-8/h2-7H,1H3,(H,15,17,20). The molecule has 0 radical (unpaired) electrons. The monoisotopic (exact) mass is 287 g/mol. The summed E-state index contributed by atoms with van der Waals surface area (Å²) in [5.41, 5.74) is 0.656. The van der Waals surface area contributed by atoms with Crippen LogP contribution in [0.4, 0.5) is 10.4 Å². The van der Waals surface area contributed by atoms with Crippen molar-refractivity contribution in [2.45, 2.75) is 0 Å². The van der Waals surface area contributed by atoms with Gasteiger partial charge >= 0.3 is 6.01 Å². The van der Waals surface area contributed by atoms with Crippen molar-refractivity contribution in [3.05, 3.63) is 47.9 Å². The molecule has 2 aromatic heterocycles. The third kappa shape index (κ3) is 2.78. The minimum atomic E-state index is -0.536. The van der Waals surface area contributed by atoms with Gasteiger partial charge in [0.15, 0.2) is 0 Å². The molecule has 7 nitrogen and oxygen atoms in total. The summed E-state index contributed by atoms with van der Waals surface area (Å²) in [6.45, 7) is 0. The molecular weight excluding hydrogens is 277 g/mol. The summed E-state index contributed by atoms with van der Waals surface area (Å²) in [6.07, 6.45) is 1.73. The Morgan fingerprint density at radius 3 is 2.90 bits per heavy atom. The molecule has 0 aliphatic heterocycles. The summed E-state index contributed by atoms with van der Waals surface area (Å²) in [5.74, 6) is -0.849. The van der Waals surface area contributed by atoms with Crippen molar-refractivity contribution in [3.8, 4) is 11.6 Å². The van der Waals surface area contributed by atoms with Crippen molar-refractivity contribution in [2.24, 2.45) is 7.05 Å². The van der Waals surface area contributed by atoms with Crippen LogP contribution in [0.5, 0.6) is 0 Å². The Morgan fingerprint density at radius 2 is 2.19 bits per heavy atom. The fraction of sp³-hybridized carbons (Fsp3) is 0.0769. The average molecular weight is 287 g/mol. The quantitative estimate of drug-likeness (QED) is 0.794. The fourth-order valence-electron chi connectivity index (χ4n) is 1.71. The van der Waals surface area contributed by atoms with Gasteiger partial charge in [0.05, 0.1) is 0 Å². The fourth-order valence-corrected chi connectivity index (χ4v) is 1.71. The maximum absolute atomic E-state index is 13.1. The van der Waals surface area contributed by atoms with Gasteiger partial charge in [-0.2, -0.15) is 5.10 Å². The molecule has 8 heteroatoms. The van der Waals surface area contributed by atoms with Crippen LogP contribution in [-0.2, 0) is 7.05 Å². The summed E-state index contributed by atoms with van der Waals surface area (Å²) in [6, 6.07) is 6.91. The first-order chi connectivity index (χ1) is 10.1. The molecule has 0 aliphatic carbocycles. The highest BCUT2D eigenvalue weighted by Crippen LogP contribution is 2.17. The van der Waals surface area contributed by atoms with Crippen LogP contribution in [0.25, 0.3) is 11.6 Å². The van der Waals surface area contributed by atoms with Gasteiger partial charge < -0.3 is 4.42 Å². The van der Waals surface area contributed by atoms with Crippen LogP contribution in [0.1, 0.15) is 10.4 Å². The zero-order valence-electron chi connectivity index (χ0n) is 10.9. The van der Waals surface area contributed by atoms with Crippen molar-refractivity contribution in [1.82, 2.24) is 20.0 Å². The Hall–Kier alpha value is -3.03. The molecule has 1 N–H and O–H groups in total. The van der Waals surface area contributed by atoms with E-state index in [9.17, 15) is 9.18 Å². The SMILES string of the molecule is Cn1ccc(-c2nnc(NC(=O)c3cccc(F)c3)o2)n1. The van der Waals surface area contributed by atoms with Crippen LogP contribution in [-0.4, -0.2) is 25.9 Å². The molecule has 3 rings (SSSR count). The van der Waals surface area contributed by atoms with Gasteiger partial charge in [-0.3, -0.25) is 14.8 Å². The molecular formula is C13H10FN5O2. The number of benzene rings is 1. The number of aryl methyl sites for hydroxylation is 1. The first kappa shape index (κ1) is 13.0. The molecule has 0 aliphatic rings. The zero-order valence-corrected chi connectivity index (χ0v) is 10.9. The minimum absolute atomic E-state index is 0.0788. The Kier molecular flexibility index (Phi) is 3.19. The smallest absolute Gasteiger partial charge is 0.322 e. The maximum atomic E-state index is 13.1. The van der Waals surface area contributed by atoms with Crippen LogP contribution >= 0.6 is 0 Å². The summed E-state index contributed by atoms with van der Waals surface area (Å²) in [4.78, 5) is 11.9. The third-order valence-electron chi connectivity index (χ3n) is 2.67. The van der Waals surface area contributed by atoms with E-state index in [2.05, 4.69) is 20.6 Å². The summed E-state index contributed by atoms with van der Waals surface area (Å²) in [5, 5.41) is 14.0. The Bertz CT molecular complexity index is 795. The van der Waals surface area contributed by atoms with Gasteiger partial charge in [-0.15, -0.1) is 5.10 Å². The third-order valence-corrected chi connectivity index (χ3v) is 2.67. The first-order valence-corrected chi connectivity index (χ1v) is 6.02. The van der Waals surface area contributed by atoms with Crippen LogP contribution in [0, 0.1) is 5.82 Å². The van der Waals surface area contributed by atoms with Crippen molar-refractivity contribution in [2.75, 3.05) is 5.32 Å². The van der Waals surface area contributed by atoms with Crippen molar-refractivity contribution < 1.29 is 13.6 Å². The van der Waals surface area contributed by atoms with Gasteiger partial charge in [0.25, 0.3) is 11.8 Å². The normalized spacial score (nSPS) is 10.6. The number of anilines is 1. The van der Waals surface area contributed by atoms with E-state index < -0.39 is 11.7 Å². The van der Waals surface area contributed by atoms with Crippen LogP contribution in [0.3, 0.4) is 0 Å². The van der Waals surface area contributed by atoms with E-state index in [1.54, 1.807) is 24.0 Å². The Balaban J connectivity index is 1.77. The number of carbonyl (C=O) groups is 1. The van der Waals surface area contributed by atoms with E-state index >= 15 is 0 Å². The lowest BCUT2D eigenvalue weighted by Gasteiger charge is -1.99. The number of hydrogen-bond donors (Lipinski definition) is 1. The van der Waals surface area contributed by atoms with Crippen LogP contribution in [0.2, 0.25) is 0 Å².